The van der Waals surface area contributed by atoms with Crippen LogP contribution in [0.15, 0.2) is 6.20 Å². The van der Waals surface area contributed by atoms with Gasteiger partial charge in [0.05, 0.1) is 6.26 Å². The van der Waals surface area contributed by atoms with Gasteiger partial charge in [0.25, 0.3) is 0 Å². The Bertz CT molecular complexity index is 536. The number of thiazole rings is 1. The molecule has 0 amide bonds. The van der Waals surface area contributed by atoms with E-state index in [1.165, 1.54) is 6.26 Å². The van der Waals surface area contributed by atoms with Crippen molar-refractivity contribution in [2.45, 2.75) is 39.8 Å². The average molecular weight is 335 g/mol. The molecular formula is C13H26N4O2S2. The van der Waals surface area contributed by atoms with Crippen molar-refractivity contribution in [1.29, 1.82) is 0 Å². The standard InChI is InChI=1S/C13H26N4O2S2/c1-6-17(7-2)12-15-9-11(20-12)8-14-10-13(3,4)16-21(5,18)19/h9,14,16H,6-8,10H2,1-5H3. The molecule has 0 spiro atoms. The van der Waals surface area contributed by atoms with Crippen LogP contribution in [0.5, 0.6) is 0 Å². The zero-order valence-corrected chi connectivity index (χ0v) is 15.1. The number of hydrogen-bond acceptors (Lipinski definition) is 6. The molecule has 0 bridgehead atoms. The summed E-state index contributed by atoms with van der Waals surface area (Å²) in [4.78, 5) is 7.78. The fraction of sp³-hybridized carbons (Fsp3) is 0.769. The van der Waals surface area contributed by atoms with Gasteiger partial charge in [0, 0.05) is 42.8 Å². The maximum Gasteiger partial charge on any atom is 0.209 e. The van der Waals surface area contributed by atoms with Gasteiger partial charge in [-0.2, -0.15) is 0 Å². The fourth-order valence-electron chi connectivity index (χ4n) is 2.06. The van der Waals surface area contributed by atoms with Gasteiger partial charge >= 0.3 is 0 Å². The highest BCUT2D eigenvalue weighted by Crippen LogP contribution is 2.22. The van der Waals surface area contributed by atoms with Crippen LogP contribution >= 0.6 is 11.3 Å². The predicted molar refractivity (Wildman–Crippen MR) is 89.4 cm³/mol. The number of sulfonamides is 1. The smallest absolute Gasteiger partial charge is 0.209 e. The van der Waals surface area contributed by atoms with Gasteiger partial charge in [-0.25, -0.2) is 18.1 Å². The van der Waals surface area contributed by atoms with Crippen LogP contribution in [-0.2, 0) is 16.6 Å². The Morgan fingerprint density at radius 2 is 1.95 bits per heavy atom. The monoisotopic (exact) mass is 334 g/mol. The van der Waals surface area contributed by atoms with Crippen LogP contribution in [0.1, 0.15) is 32.6 Å². The van der Waals surface area contributed by atoms with Gasteiger partial charge in [0.1, 0.15) is 0 Å². The van der Waals surface area contributed by atoms with Crippen LogP contribution in [0.25, 0.3) is 0 Å². The van der Waals surface area contributed by atoms with E-state index >= 15 is 0 Å². The third-order valence-corrected chi connectivity index (χ3v) is 4.88. The first-order chi connectivity index (χ1) is 9.67. The summed E-state index contributed by atoms with van der Waals surface area (Å²) in [7, 11) is -3.20. The summed E-state index contributed by atoms with van der Waals surface area (Å²) in [5, 5.41) is 4.31. The van der Waals surface area contributed by atoms with Gasteiger partial charge in [-0.15, -0.1) is 11.3 Å². The summed E-state index contributed by atoms with van der Waals surface area (Å²) in [6.07, 6.45) is 3.05. The topological polar surface area (TPSA) is 74.3 Å². The molecule has 1 heterocycles. The van der Waals surface area contributed by atoms with E-state index in [2.05, 4.69) is 33.8 Å². The van der Waals surface area contributed by atoms with Crippen LogP contribution in [0.3, 0.4) is 0 Å². The van der Waals surface area contributed by atoms with Crippen molar-refractivity contribution in [2.75, 3.05) is 30.8 Å². The Morgan fingerprint density at radius 3 is 2.48 bits per heavy atom. The lowest BCUT2D eigenvalue weighted by molar-refractivity contribution is 0.421. The van der Waals surface area contributed by atoms with E-state index in [0.717, 1.165) is 23.1 Å². The van der Waals surface area contributed by atoms with E-state index in [1.54, 1.807) is 11.3 Å². The van der Waals surface area contributed by atoms with Crippen LogP contribution in [-0.4, -0.2) is 44.8 Å². The summed E-state index contributed by atoms with van der Waals surface area (Å²) < 4.78 is 25.2. The lowest BCUT2D eigenvalue weighted by Gasteiger charge is -2.25. The van der Waals surface area contributed by atoms with Crippen molar-refractivity contribution in [3.8, 4) is 0 Å². The average Bonchev–Trinajstić information content (AvgIpc) is 2.76. The molecule has 0 saturated carbocycles. The number of nitrogens with zero attached hydrogens (tertiary/aromatic N) is 2. The molecule has 0 atom stereocenters. The highest BCUT2D eigenvalue weighted by atomic mass is 32.2. The SMILES string of the molecule is CCN(CC)c1ncc(CNCC(C)(C)NS(C)(=O)=O)s1. The summed E-state index contributed by atoms with van der Waals surface area (Å²) in [6.45, 7) is 11.1. The molecule has 0 fully saturated rings. The zero-order valence-electron chi connectivity index (χ0n) is 13.4. The van der Waals surface area contributed by atoms with Gasteiger partial charge in [-0.05, 0) is 27.7 Å². The van der Waals surface area contributed by atoms with Gasteiger partial charge in [0.2, 0.25) is 10.0 Å². The Labute approximate surface area is 132 Å². The Hall–Kier alpha value is -0.700. The first-order valence-corrected chi connectivity index (χ1v) is 9.77. The lowest BCUT2D eigenvalue weighted by Crippen LogP contribution is -2.49. The largest absolute Gasteiger partial charge is 0.349 e. The Balaban J connectivity index is 2.49. The van der Waals surface area contributed by atoms with Crippen molar-refractivity contribution in [3.63, 3.8) is 0 Å². The van der Waals surface area contributed by atoms with Crippen molar-refractivity contribution in [3.05, 3.63) is 11.1 Å². The number of aromatic nitrogens is 1. The minimum absolute atomic E-state index is 0.514. The zero-order chi connectivity index (χ0) is 16.1. The lowest BCUT2D eigenvalue weighted by atomic mass is 10.1. The molecule has 1 aromatic rings. The van der Waals surface area contributed by atoms with E-state index in [9.17, 15) is 8.42 Å². The molecule has 0 aliphatic heterocycles. The van der Waals surface area contributed by atoms with Gasteiger partial charge in [-0.3, -0.25) is 0 Å². The van der Waals surface area contributed by atoms with E-state index in [1.807, 2.05) is 20.0 Å². The minimum Gasteiger partial charge on any atom is -0.349 e. The predicted octanol–water partition coefficient (Wildman–Crippen LogP) is 1.41. The maximum absolute atomic E-state index is 11.3. The van der Waals surface area contributed by atoms with E-state index in [-0.39, 0.29) is 0 Å². The highest BCUT2D eigenvalue weighted by Gasteiger charge is 2.21. The summed E-state index contributed by atoms with van der Waals surface area (Å²) >= 11 is 1.67. The third kappa shape index (κ3) is 6.73. The normalized spacial score (nSPS) is 12.6. The van der Waals surface area contributed by atoms with Crippen molar-refractivity contribution in [2.24, 2.45) is 0 Å². The van der Waals surface area contributed by atoms with Crippen LogP contribution in [0.2, 0.25) is 0 Å². The second-order valence-electron chi connectivity index (χ2n) is 5.64. The second-order valence-corrected chi connectivity index (χ2v) is 8.49. The fourth-order valence-corrected chi connectivity index (χ4v) is 4.14. The van der Waals surface area contributed by atoms with Crippen molar-refractivity contribution in [1.82, 2.24) is 15.0 Å². The maximum atomic E-state index is 11.3. The molecule has 0 aromatic carbocycles. The van der Waals surface area contributed by atoms with Crippen LogP contribution in [0, 0.1) is 0 Å². The molecule has 0 aliphatic carbocycles. The third-order valence-electron chi connectivity index (χ3n) is 2.90. The van der Waals surface area contributed by atoms with Crippen LogP contribution in [0.4, 0.5) is 5.13 Å². The summed E-state index contributed by atoms with van der Waals surface area (Å²) in [6, 6.07) is 0. The molecule has 1 rings (SSSR count). The summed E-state index contributed by atoms with van der Waals surface area (Å²) in [5.41, 5.74) is -0.514. The quantitative estimate of drug-likeness (QED) is 0.714. The molecule has 2 N–H and O–H groups in total. The number of rotatable bonds is 9. The first kappa shape index (κ1) is 18.3. The Morgan fingerprint density at radius 1 is 1.33 bits per heavy atom. The molecule has 122 valence electrons. The minimum atomic E-state index is -3.20. The molecule has 0 saturated heterocycles. The number of nitrogens with one attached hydrogen (secondary N) is 2. The van der Waals surface area contributed by atoms with E-state index in [4.69, 9.17) is 0 Å². The molecule has 8 heteroatoms. The molecule has 6 nitrogen and oxygen atoms in total. The van der Waals surface area contributed by atoms with Gasteiger partial charge < -0.3 is 10.2 Å². The number of hydrogen-bond donors (Lipinski definition) is 2. The molecular weight excluding hydrogens is 308 g/mol. The Kier molecular flexibility index (Phi) is 6.58. The van der Waals surface area contributed by atoms with E-state index in [0.29, 0.717) is 13.1 Å². The first-order valence-electron chi connectivity index (χ1n) is 7.06. The highest BCUT2D eigenvalue weighted by molar-refractivity contribution is 7.88. The number of anilines is 1. The molecule has 1 aromatic heterocycles. The summed E-state index contributed by atoms with van der Waals surface area (Å²) in [5.74, 6) is 0. The van der Waals surface area contributed by atoms with Crippen molar-refractivity contribution >= 4 is 26.5 Å². The van der Waals surface area contributed by atoms with Gasteiger partial charge in [0.15, 0.2) is 5.13 Å². The van der Waals surface area contributed by atoms with Crippen LogP contribution < -0.4 is 14.9 Å². The van der Waals surface area contributed by atoms with Gasteiger partial charge in [-0.1, -0.05) is 0 Å². The molecule has 0 radical (unpaired) electrons. The molecule has 0 aliphatic rings. The van der Waals surface area contributed by atoms with Crippen molar-refractivity contribution < 1.29 is 8.42 Å². The molecule has 21 heavy (non-hydrogen) atoms. The molecule has 0 unspecified atom stereocenters. The van der Waals surface area contributed by atoms with E-state index < -0.39 is 15.6 Å². The second kappa shape index (κ2) is 7.53.